The molecule has 3 heteroatoms. The van der Waals surface area contributed by atoms with Crippen molar-refractivity contribution < 1.29 is 4.79 Å². The number of ketones is 1. The molecule has 0 radical (unpaired) electrons. The van der Waals surface area contributed by atoms with Crippen LogP contribution in [0.1, 0.15) is 63.2 Å². The van der Waals surface area contributed by atoms with Crippen LogP contribution in [0.3, 0.4) is 0 Å². The van der Waals surface area contributed by atoms with E-state index in [2.05, 4.69) is 13.8 Å². The number of unbranched alkanes of at least 4 members (excludes halogenated alkanes) is 3. The van der Waals surface area contributed by atoms with Gasteiger partial charge in [-0.2, -0.15) is 11.8 Å². The summed E-state index contributed by atoms with van der Waals surface area (Å²) in [5, 5.41) is 1.02. The van der Waals surface area contributed by atoms with E-state index in [1.807, 2.05) is 36.0 Å². The van der Waals surface area contributed by atoms with E-state index in [1.54, 1.807) is 0 Å². The van der Waals surface area contributed by atoms with Crippen LogP contribution in [0.4, 0.5) is 0 Å². The van der Waals surface area contributed by atoms with Gasteiger partial charge < -0.3 is 0 Å². The molecule has 0 saturated carbocycles. The number of carbonyl (C=O) groups is 1. The van der Waals surface area contributed by atoms with Crippen LogP contribution >= 0.6 is 23.4 Å². The van der Waals surface area contributed by atoms with Gasteiger partial charge in [-0.1, -0.05) is 56.8 Å². The van der Waals surface area contributed by atoms with Crippen molar-refractivity contribution in [3.05, 3.63) is 34.9 Å². The van der Waals surface area contributed by atoms with Crippen molar-refractivity contribution in [2.75, 3.05) is 5.75 Å². The van der Waals surface area contributed by atoms with E-state index in [0.717, 1.165) is 23.6 Å². The maximum absolute atomic E-state index is 12.1. The Morgan fingerprint density at radius 1 is 1.15 bits per heavy atom. The summed E-state index contributed by atoms with van der Waals surface area (Å²) in [7, 11) is 0. The third-order valence-corrected chi connectivity index (χ3v) is 4.76. The van der Waals surface area contributed by atoms with Crippen molar-refractivity contribution in [3.63, 3.8) is 0 Å². The maximum Gasteiger partial charge on any atom is 0.134 e. The number of carbonyl (C=O) groups excluding carboxylic acids is 1. The lowest BCUT2D eigenvalue weighted by Gasteiger charge is -2.15. The quantitative estimate of drug-likeness (QED) is 0.488. The molecule has 1 aromatic rings. The number of benzene rings is 1. The smallest absolute Gasteiger partial charge is 0.134 e. The summed E-state index contributed by atoms with van der Waals surface area (Å²) in [6.07, 6.45) is 6.04. The second kappa shape index (κ2) is 10.3. The molecule has 0 bridgehead atoms. The van der Waals surface area contributed by atoms with Crippen molar-refractivity contribution >= 4 is 29.1 Å². The lowest BCUT2D eigenvalue weighted by Crippen LogP contribution is -2.05. The van der Waals surface area contributed by atoms with Gasteiger partial charge in [0.15, 0.2) is 0 Å². The summed E-state index contributed by atoms with van der Waals surface area (Å²) in [6, 6.07) is 7.90. The van der Waals surface area contributed by atoms with E-state index in [0.29, 0.717) is 12.2 Å². The van der Waals surface area contributed by atoms with Gasteiger partial charge in [0.2, 0.25) is 0 Å². The molecule has 1 nitrogen and oxygen atoms in total. The molecule has 0 aliphatic heterocycles. The first-order valence-corrected chi connectivity index (χ1v) is 8.98. The molecular formula is C17H25ClOS. The highest BCUT2D eigenvalue weighted by atomic mass is 35.5. The van der Waals surface area contributed by atoms with Gasteiger partial charge in [0, 0.05) is 23.1 Å². The molecule has 0 amide bonds. The minimum atomic E-state index is 0.274. The Bertz CT molecular complexity index is 388. The normalized spacial score (nSPS) is 12.3. The third-order valence-electron chi connectivity index (χ3n) is 3.33. The van der Waals surface area contributed by atoms with E-state index in [1.165, 1.54) is 24.8 Å². The topological polar surface area (TPSA) is 17.1 Å². The fraction of sp³-hybridized carbons (Fsp3) is 0.588. The molecule has 1 rings (SSSR count). The van der Waals surface area contributed by atoms with Crippen LogP contribution in [-0.4, -0.2) is 11.5 Å². The van der Waals surface area contributed by atoms with Crippen LogP contribution < -0.4 is 0 Å². The van der Waals surface area contributed by atoms with Crippen LogP contribution in [0.2, 0.25) is 5.02 Å². The SMILES string of the molecule is CCCCCCC(=O)C[C@H](SCC)c1ccc(Cl)cc1. The summed E-state index contributed by atoms with van der Waals surface area (Å²) in [4.78, 5) is 12.1. The van der Waals surface area contributed by atoms with E-state index < -0.39 is 0 Å². The van der Waals surface area contributed by atoms with Crippen LogP contribution in [0.15, 0.2) is 24.3 Å². The number of thioether (sulfide) groups is 1. The second-order valence-corrected chi connectivity index (χ2v) is 6.97. The average molecular weight is 313 g/mol. The number of halogens is 1. The molecule has 0 heterocycles. The van der Waals surface area contributed by atoms with Crippen LogP contribution in [-0.2, 0) is 4.79 Å². The largest absolute Gasteiger partial charge is 0.300 e. The van der Waals surface area contributed by atoms with Gasteiger partial charge in [-0.3, -0.25) is 4.79 Å². The molecule has 20 heavy (non-hydrogen) atoms. The zero-order valence-corrected chi connectivity index (χ0v) is 14.1. The Morgan fingerprint density at radius 2 is 1.85 bits per heavy atom. The Kier molecular flexibility index (Phi) is 9.04. The Balaban J connectivity index is 2.49. The first-order chi connectivity index (χ1) is 9.67. The van der Waals surface area contributed by atoms with Crippen molar-refractivity contribution in [3.8, 4) is 0 Å². The summed E-state index contributed by atoms with van der Waals surface area (Å²) < 4.78 is 0. The third kappa shape index (κ3) is 6.81. The summed E-state index contributed by atoms with van der Waals surface area (Å²) in [5.74, 6) is 1.41. The molecule has 0 aromatic heterocycles. The Labute approximate surface area is 132 Å². The minimum absolute atomic E-state index is 0.274. The monoisotopic (exact) mass is 312 g/mol. The number of hydrogen-bond donors (Lipinski definition) is 0. The summed E-state index contributed by atoms with van der Waals surface area (Å²) in [5.41, 5.74) is 1.21. The molecule has 0 fully saturated rings. The zero-order valence-electron chi connectivity index (χ0n) is 12.5. The predicted molar refractivity (Wildman–Crippen MR) is 90.7 cm³/mol. The van der Waals surface area contributed by atoms with Gasteiger partial charge in [-0.25, -0.2) is 0 Å². The highest BCUT2D eigenvalue weighted by molar-refractivity contribution is 7.99. The molecule has 1 atom stereocenters. The van der Waals surface area contributed by atoms with Crippen LogP contribution in [0, 0.1) is 0 Å². The van der Waals surface area contributed by atoms with Crippen molar-refractivity contribution in [1.29, 1.82) is 0 Å². The highest BCUT2D eigenvalue weighted by Crippen LogP contribution is 2.33. The van der Waals surface area contributed by atoms with Crippen molar-refractivity contribution in [1.82, 2.24) is 0 Å². The summed E-state index contributed by atoms with van der Waals surface area (Å²) in [6.45, 7) is 4.33. The molecule has 0 saturated heterocycles. The van der Waals surface area contributed by atoms with E-state index in [9.17, 15) is 4.79 Å². The average Bonchev–Trinajstić information content (AvgIpc) is 2.44. The van der Waals surface area contributed by atoms with Crippen LogP contribution in [0.25, 0.3) is 0 Å². The summed E-state index contributed by atoms with van der Waals surface area (Å²) >= 11 is 7.77. The fourth-order valence-electron chi connectivity index (χ4n) is 2.21. The molecule has 0 N–H and O–H groups in total. The van der Waals surface area contributed by atoms with E-state index in [4.69, 9.17) is 11.6 Å². The first-order valence-electron chi connectivity index (χ1n) is 7.56. The van der Waals surface area contributed by atoms with Gasteiger partial charge in [-0.15, -0.1) is 0 Å². The van der Waals surface area contributed by atoms with E-state index >= 15 is 0 Å². The molecular weight excluding hydrogens is 288 g/mol. The lowest BCUT2D eigenvalue weighted by molar-refractivity contribution is -0.119. The maximum atomic E-state index is 12.1. The minimum Gasteiger partial charge on any atom is -0.300 e. The van der Waals surface area contributed by atoms with Gasteiger partial charge in [0.25, 0.3) is 0 Å². The standard InChI is InChI=1S/C17H25ClOS/c1-3-5-6-7-8-16(19)13-17(20-4-2)14-9-11-15(18)12-10-14/h9-12,17H,3-8,13H2,1-2H3/t17-/m0/s1. The number of rotatable bonds is 10. The molecule has 0 spiro atoms. The molecule has 112 valence electrons. The highest BCUT2D eigenvalue weighted by Gasteiger charge is 2.15. The second-order valence-electron chi connectivity index (χ2n) is 5.05. The van der Waals surface area contributed by atoms with Gasteiger partial charge >= 0.3 is 0 Å². The lowest BCUT2D eigenvalue weighted by atomic mass is 10.0. The van der Waals surface area contributed by atoms with Crippen molar-refractivity contribution in [2.45, 2.75) is 57.6 Å². The van der Waals surface area contributed by atoms with Gasteiger partial charge in [0.05, 0.1) is 0 Å². The first kappa shape index (κ1) is 17.6. The van der Waals surface area contributed by atoms with Crippen molar-refractivity contribution in [2.24, 2.45) is 0 Å². The number of hydrogen-bond acceptors (Lipinski definition) is 2. The molecule has 0 aliphatic carbocycles. The Morgan fingerprint density at radius 3 is 2.45 bits per heavy atom. The van der Waals surface area contributed by atoms with E-state index in [-0.39, 0.29) is 5.25 Å². The number of Topliss-reactive ketones (excluding diaryl/α,β-unsaturated/α-hetero) is 1. The fourth-order valence-corrected chi connectivity index (χ4v) is 3.39. The predicted octanol–water partition coefficient (Wildman–Crippen LogP) is 6.06. The van der Waals surface area contributed by atoms with Gasteiger partial charge in [-0.05, 0) is 29.9 Å². The van der Waals surface area contributed by atoms with Crippen LogP contribution in [0.5, 0.6) is 0 Å². The molecule has 0 aliphatic rings. The zero-order chi connectivity index (χ0) is 14.8. The van der Waals surface area contributed by atoms with Gasteiger partial charge in [0.1, 0.15) is 5.78 Å². The molecule has 1 aromatic carbocycles. The Hall–Kier alpha value is -0.470. The molecule has 0 unspecified atom stereocenters.